The second-order valence-electron chi connectivity index (χ2n) is 8.96. The van der Waals surface area contributed by atoms with E-state index in [2.05, 4.69) is 39.0 Å². The molecule has 5 aliphatic rings. The zero-order valence-corrected chi connectivity index (χ0v) is 16.0. The van der Waals surface area contributed by atoms with E-state index in [9.17, 15) is 0 Å². The smallest absolute Gasteiger partial charge is 0.0642 e. The first kappa shape index (κ1) is 17.0. The van der Waals surface area contributed by atoms with Crippen molar-refractivity contribution in [2.75, 3.05) is 57.4 Å². The molecule has 2 atom stereocenters. The second kappa shape index (κ2) is 7.49. The molecule has 0 radical (unpaired) electrons. The summed E-state index contributed by atoms with van der Waals surface area (Å²) in [6.07, 6.45) is 5.82. The van der Waals surface area contributed by atoms with Gasteiger partial charge in [-0.1, -0.05) is 12.1 Å². The van der Waals surface area contributed by atoms with Crippen molar-refractivity contribution in [3.8, 4) is 0 Å². The fraction of sp³-hybridized carbons (Fsp3) is 0.727. The minimum Gasteiger partial charge on any atom is -0.378 e. The summed E-state index contributed by atoms with van der Waals surface area (Å²) in [6, 6.07) is 10.0. The number of ether oxygens (including phenoxy) is 1. The van der Waals surface area contributed by atoms with Gasteiger partial charge in [0.05, 0.1) is 13.2 Å². The van der Waals surface area contributed by atoms with E-state index in [1.54, 1.807) is 0 Å². The average molecular weight is 356 g/mol. The van der Waals surface area contributed by atoms with Crippen LogP contribution in [0.3, 0.4) is 0 Å². The third-order valence-electron chi connectivity index (χ3n) is 6.79. The van der Waals surface area contributed by atoms with Gasteiger partial charge < -0.3 is 9.64 Å². The van der Waals surface area contributed by atoms with Gasteiger partial charge in [0.15, 0.2) is 0 Å². The Morgan fingerprint density at radius 2 is 1.85 bits per heavy atom. The lowest BCUT2D eigenvalue weighted by atomic mass is 9.95. The molecule has 1 saturated carbocycles. The molecule has 5 fully saturated rings. The Balaban J connectivity index is 1.24. The fourth-order valence-electron chi connectivity index (χ4n) is 5.19. The van der Waals surface area contributed by atoms with E-state index in [0.29, 0.717) is 0 Å². The lowest BCUT2D eigenvalue weighted by Gasteiger charge is -2.36. The van der Waals surface area contributed by atoms with Crippen molar-refractivity contribution >= 4 is 5.69 Å². The molecule has 4 heterocycles. The normalized spacial score (nSPS) is 30.5. The Labute approximate surface area is 158 Å². The molecule has 2 bridgehead atoms. The molecule has 4 saturated heterocycles. The Bertz CT molecular complexity index is 611. The lowest BCUT2D eigenvalue weighted by molar-refractivity contribution is 0.122. The van der Waals surface area contributed by atoms with E-state index in [4.69, 9.17) is 4.74 Å². The Morgan fingerprint density at radius 1 is 0.962 bits per heavy atom. The quantitative estimate of drug-likeness (QED) is 0.808. The van der Waals surface area contributed by atoms with Crippen LogP contribution in [0.4, 0.5) is 5.69 Å². The van der Waals surface area contributed by atoms with Gasteiger partial charge in [0.25, 0.3) is 0 Å². The van der Waals surface area contributed by atoms with Crippen LogP contribution in [0, 0.1) is 11.8 Å². The van der Waals surface area contributed by atoms with Gasteiger partial charge in [-0.25, -0.2) is 0 Å². The van der Waals surface area contributed by atoms with Crippen molar-refractivity contribution in [1.29, 1.82) is 0 Å². The predicted octanol–water partition coefficient (Wildman–Crippen LogP) is 2.83. The van der Waals surface area contributed by atoms with E-state index >= 15 is 0 Å². The fourth-order valence-corrected chi connectivity index (χ4v) is 5.19. The topological polar surface area (TPSA) is 19.0 Å². The maximum Gasteiger partial charge on any atom is 0.0642 e. The summed E-state index contributed by atoms with van der Waals surface area (Å²) >= 11 is 0. The first-order valence-corrected chi connectivity index (χ1v) is 10.7. The number of hydrogen-bond donors (Lipinski definition) is 0. The molecule has 1 aliphatic carbocycles. The summed E-state index contributed by atoms with van der Waals surface area (Å²) in [5.41, 5.74) is 2.85. The molecular weight excluding hydrogens is 322 g/mol. The van der Waals surface area contributed by atoms with Gasteiger partial charge in [0.1, 0.15) is 0 Å². The maximum atomic E-state index is 5.50. The van der Waals surface area contributed by atoms with Gasteiger partial charge in [-0.2, -0.15) is 0 Å². The van der Waals surface area contributed by atoms with Crippen molar-refractivity contribution in [3.63, 3.8) is 0 Å². The van der Waals surface area contributed by atoms with Crippen LogP contribution in [-0.4, -0.2) is 68.3 Å². The maximum absolute atomic E-state index is 5.50. The molecule has 0 unspecified atom stereocenters. The van der Waals surface area contributed by atoms with E-state index in [0.717, 1.165) is 50.7 Å². The molecule has 0 N–H and O–H groups in total. The van der Waals surface area contributed by atoms with Crippen LogP contribution < -0.4 is 4.90 Å². The molecule has 1 aromatic rings. The van der Waals surface area contributed by atoms with Crippen LogP contribution >= 0.6 is 0 Å². The SMILES string of the molecule is c1cc(CN2C[C@@H]3CC[C@H](C2)N(CC2CC2)C3)cc(N2CCOCC2)c1. The predicted molar refractivity (Wildman–Crippen MR) is 106 cm³/mol. The van der Waals surface area contributed by atoms with Gasteiger partial charge in [-0.05, 0) is 55.2 Å². The third kappa shape index (κ3) is 3.92. The largest absolute Gasteiger partial charge is 0.378 e. The highest BCUT2D eigenvalue weighted by Gasteiger charge is 2.37. The molecule has 1 aromatic carbocycles. The molecule has 0 amide bonds. The van der Waals surface area contributed by atoms with Crippen molar-refractivity contribution in [3.05, 3.63) is 29.8 Å². The first-order valence-electron chi connectivity index (χ1n) is 10.7. The molecular formula is C22H33N3O. The van der Waals surface area contributed by atoms with Crippen LogP contribution in [0.1, 0.15) is 31.2 Å². The number of anilines is 1. The first-order chi connectivity index (χ1) is 12.8. The molecule has 26 heavy (non-hydrogen) atoms. The number of piperidine rings is 1. The van der Waals surface area contributed by atoms with E-state index in [1.807, 2.05) is 0 Å². The zero-order valence-electron chi connectivity index (χ0n) is 16.0. The number of morpholine rings is 1. The standard InChI is InChI=1S/C22H33N3O/c1-2-19(12-21(3-1)24-8-10-26-11-9-24)13-23-14-20-6-7-22(17-23)25(16-20)15-18-4-5-18/h1-3,12,18,20,22H,4-11,13-17H2/t20-,22+/m0/s1. The van der Waals surface area contributed by atoms with Crippen molar-refractivity contribution in [2.24, 2.45) is 11.8 Å². The minimum atomic E-state index is 0.803. The Kier molecular flexibility index (Phi) is 4.91. The number of benzene rings is 1. The van der Waals surface area contributed by atoms with Crippen LogP contribution in [0.25, 0.3) is 0 Å². The zero-order chi connectivity index (χ0) is 17.3. The van der Waals surface area contributed by atoms with Gasteiger partial charge >= 0.3 is 0 Å². The highest BCUT2D eigenvalue weighted by Crippen LogP contribution is 2.35. The highest BCUT2D eigenvalue weighted by atomic mass is 16.5. The summed E-state index contributed by atoms with van der Waals surface area (Å²) in [5, 5.41) is 0. The van der Waals surface area contributed by atoms with E-state index in [1.165, 1.54) is 63.1 Å². The third-order valence-corrected chi connectivity index (χ3v) is 6.79. The Hall–Kier alpha value is -1.10. The molecule has 0 aromatic heterocycles. The monoisotopic (exact) mass is 355 g/mol. The summed E-state index contributed by atoms with van der Waals surface area (Å²) < 4.78 is 5.50. The summed E-state index contributed by atoms with van der Waals surface area (Å²) in [5.74, 6) is 1.91. The molecule has 4 heteroatoms. The van der Waals surface area contributed by atoms with E-state index in [-0.39, 0.29) is 0 Å². The summed E-state index contributed by atoms with van der Waals surface area (Å²) in [4.78, 5) is 8.06. The van der Waals surface area contributed by atoms with Gasteiger partial charge in [0, 0.05) is 57.5 Å². The lowest BCUT2D eigenvalue weighted by Crippen LogP contribution is -2.44. The van der Waals surface area contributed by atoms with E-state index < -0.39 is 0 Å². The number of nitrogens with zero attached hydrogens (tertiary/aromatic N) is 3. The Morgan fingerprint density at radius 3 is 2.69 bits per heavy atom. The minimum absolute atomic E-state index is 0.803. The van der Waals surface area contributed by atoms with Crippen LogP contribution in [0.5, 0.6) is 0 Å². The number of rotatable bonds is 5. The van der Waals surface area contributed by atoms with Gasteiger partial charge in [-0.3, -0.25) is 9.80 Å². The number of hydrogen-bond acceptors (Lipinski definition) is 4. The second-order valence-corrected chi connectivity index (χ2v) is 8.96. The van der Waals surface area contributed by atoms with Gasteiger partial charge in [0.2, 0.25) is 0 Å². The molecule has 4 nitrogen and oxygen atoms in total. The highest BCUT2D eigenvalue weighted by molar-refractivity contribution is 5.48. The molecule has 6 rings (SSSR count). The molecule has 142 valence electrons. The average Bonchev–Trinajstić information content (AvgIpc) is 3.51. The van der Waals surface area contributed by atoms with Crippen molar-refractivity contribution < 1.29 is 4.74 Å². The van der Waals surface area contributed by atoms with Gasteiger partial charge in [-0.15, -0.1) is 0 Å². The van der Waals surface area contributed by atoms with Crippen molar-refractivity contribution in [1.82, 2.24) is 9.80 Å². The van der Waals surface area contributed by atoms with Crippen LogP contribution in [0.2, 0.25) is 0 Å². The molecule has 0 spiro atoms. The summed E-state index contributed by atoms with van der Waals surface area (Å²) in [6.45, 7) is 10.2. The van der Waals surface area contributed by atoms with Crippen LogP contribution in [-0.2, 0) is 11.3 Å². The molecule has 4 aliphatic heterocycles. The van der Waals surface area contributed by atoms with Crippen molar-refractivity contribution in [2.45, 2.75) is 38.3 Å². The summed E-state index contributed by atoms with van der Waals surface area (Å²) in [7, 11) is 0. The van der Waals surface area contributed by atoms with Crippen LogP contribution in [0.15, 0.2) is 24.3 Å². The number of fused-ring (bicyclic) bond motifs is 4.